The van der Waals surface area contributed by atoms with Crippen molar-refractivity contribution < 1.29 is 28.9 Å². The molecule has 0 bridgehead atoms. The van der Waals surface area contributed by atoms with Crippen LogP contribution in [-0.2, 0) is 33.9 Å². The largest absolute Gasteiger partial charge is 0.493 e. The van der Waals surface area contributed by atoms with E-state index < -0.39 is 18.1 Å². The van der Waals surface area contributed by atoms with E-state index in [-0.39, 0.29) is 25.0 Å². The number of carbonyl (C=O) groups excluding carboxylic acids is 1. The third-order valence-electron chi connectivity index (χ3n) is 8.31. The van der Waals surface area contributed by atoms with Crippen LogP contribution >= 0.6 is 0 Å². The van der Waals surface area contributed by atoms with Crippen molar-refractivity contribution in [3.63, 3.8) is 0 Å². The smallest absolute Gasteiger partial charge is 0.326 e. The minimum Gasteiger partial charge on any atom is -0.493 e. The Morgan fingerprint density at radius 2 is 1.64 bits per heavy atom. The highest BCUT2D eigenvalue weighted by Crippen LogP contribution is 2.53. The minimum atomic E-state index is -1.06. The summed E-state index contributed by atoms with van der Waals surface area (Å²) in [7, 11) is 1.57. The maximum Gasteiger partial charge on any atom is 0.326 e. The molecule has 1 aliphatic heterocycles. The summed E-state index contributed by atoms with van der Waals surface area (Å²) in [5.41, 5.74) is 3.35. The van der Waals surface area contributed by atoms with Crippen molar-refractivity contribution in [2.75, 3.05) is 7.11 Å². The number of fused-ring (bicyclic) bond motifs is 2. The van der Waals surface area contributed by atoms with Crippen LogP contribution < -0.4 is 9.47 Å². The van der Waals surface area contributed by atoms with Crippen LogP contribution in [0, 0.1) is 11.8 Å². The number of carbonyl (C=O) groups is 2. The van der Waals surface area contributed by atoms with E-state index in [9.17, 15) is 14.7 Å². The Hall–Kier alpha value is -3.84. The average molecular weight is 528 g/mol. The number of ether oxygens (including phenoxy) is 3. The van der Waals surface area contributed by atoms with E-state index >= 15 is 0 Å². The van der Waals surface area contributed by atoms with Crippen molar-refractivity contribution in [2.45, 2.75) is 57.1 Å². The molecule has 202 valence electrons. The van der Waals surface area contributed by atoms with Gasteiger partial charge in [-0.15, -0.1) is 0 Å². The molecule has 1 amide bonds. The Morgan fingerprint density at radius 1 is 0.949 bits per heavy atom. The molecule has 3 aromatic carbocycles. The summed E-state index contributed by atoms with van der Waals surface area (Å²) in [6, 6.07) is 21.9. The first-order valence-electron chi connectivity index (χ1n) is 13.6. The molecular weight excluding hydrogens is 494 g/mol. The fourth-order valence-corrected chi connectivity index (χ4v) is 6.14. The van der Waals surface area contributed by atoms with Crippen molar-refractivity contribution in [3.05, 3.63) is 95.1 Å². The van der Waals surface area contributed by atoms with Gasteiger partial charge in [-0.1, -0.05) is 66.7 Å². The van der Waals surface area contributed by atoms with E-state index in [1.807, 2.05) is 72.8 Å². The van der Waals surface area contributed by atoms with Crippen LogP contribution in [0.3, 0.4) is 0 Å². The van der Waals surface area contributed by atoms with Crippen LogP contribution in [0.1, 0.15) is 47.6 Å². The van der Waals surface area contributed by atoms with Gasteiger partial charge in [-0.25, -0.2) is 4.79 Å². The molecule has 0 spiro atoms. The first kappa shape index (κ1) is 25.4. The number of aliphatic carboxylic acids is 1. The molecule has 0 radical (unpaired) electrons. The molecule has 2 saturated carbocycles. The number of rotatable bonds is 9. The highest BCUT2D eigenvalue weighted by atomic mass is 16.5. The van der Waals surface area contributed by atoms with Crippen molar-refractivity contribution >= 4 is 11.9 Å². The van der Waals surface area contributed by atoms with Gasteiger partial charge in [0.15, 0.2) is 17.6 Å². The van der Waals surface area contributed by atoms with Gasteiger partial charge in [-0.05, 0) is 53.9 Å². The number of hydrogen-bond donors (Lipinski definition) is 1. The average Bonchev–Trinajstić information content (AvgIpc) is 3.59. The van der Waals surface area contributed by atoms with E-state index in [1.165, 1.54) is 11.3 Å². The van der Waals surface area contributed by atoms with E-state index in [2.05, 4.69) is 0 Å². The van der Waals surface area contributed by atoms with Gasteiger partial charge in [0.25, 0.3) is 5.91 Å². The molecule has 39 heavy (non-hydrogen) atoms. The van der Waals surface area contributed by atoms with Gasteiger partial charge >= 0.3 is 5.97 Å². The molecule has 0 aromatic heterocycles. The van der Waals surface area contributed by atoms with Gasteiger partial charge in [0, 0.05) is 18.5 Å². The van der Waals surface area contributed by atoms with Gasteiger partial charge in [0.05, 0.1) is 13.2 Å². The SMILES string of the molecule is COc1ccc2c(c1OCc1ccccc1)C[C@H](C(=O)O)N(C(=O)[C@@H](OC1CC3CC3C1)c1ccccc1)C2. The van der Waals surface area contributed by atoms with Crippen LogP contribution in [0.5, 0.6) is 11.5 Å². The molecule has 3 aromatic rings. The first-order chi connectivity index (χ1) is 19.0. The topological polar surface area (TPSA) is 85.3 Å². The molecule has 2 aliphatic carbocycles. The summed E-state index contributed by atoms with van der Waals surface area (Å²) < 4.78 is 18.2. The molecular formula is C32H33NO6. The number of nitrogens with zero attached hydrogens (tertiary/aromatic N) is 1. The van der Waals surface area contributed by atoms with Crippen molar-refractivity contribution in [3.8, 4) is 11.5 Å². The number of amides is 1. The summed E-state index contributed by atoms with van der Waals surface area (Å²) in [6.45, 7) is 0.473. The quantitative estimate of drug-likeness (QED) is 0.413. The molecule has 0 saturated heterocycles. The molecule has 1 heterocycles. The van der Waals surface area contributed by atoms with Crippen molar-refractivity contribution in [1.82, 2.24) is 4.90 Å². The summed E-state index contributed by atoms with van der Waals surface area (Å²) in [5, 5.41) is 10.3. The second-order valence-corrected chi connectivity index (χ2v) is 10.8. The second kappa shape index (κ2) is 10.7. The number of benzene rings is 3. The zero-order valence-electron chi connectivity index (χ0n) is 22.0. The van der Waals surface area contributed by atoms with Crippen LogP contribution in [0.15, 0.2) is 72.8 Å². The number of hydrogen-bond acceptors (Lipinski definition) is 5. The van der Waals surface area contributed by atoms with Gasteiger partial charge in [0.1, 0.15) is 12.6 Å². The highest BCUT2D eigenvalue weighted by molar-refractivity contribution is 5.88. The van der Waals surface area contributed by atoms with E-state index in [1.54, 1.807) is 7.11 Å². The summed E-state index contributed by atoms with van der Waals surface area (Å²) >= 11 is 0. The van der Waals surface area contributed by atoms with Crippen molar-refractivity contribution in [1.29, 1.82) is 0 Å². The lowest BCUT2D eigenvalue weighted by atomic mass is 9.91. The maximum atomic E-state index is 14.1. The Labute approximate surface area is 228 Å². The maximum absolute atomic E-state index is 14.1. The third-order valence-corrected chi connectivity index (χ3v) is 8.31. The Morgan fingerprint density at radius 3 is 2.31 bits per heavy atom. The van der Waals surface area contributed by atoms with Crippen molar-refractivity contribution in [2.24, 2.45) is 11.8 Å². The Bertz CT molecular complexity index is 1330. The molecule has 3 aliphatic rings. The van der Waals surface area contributed by atoms with Gasteiger partial charge < -0.3 is 24.2 Å². The molecule has 6 rings (SSSR count). The lowest BCUT2D eigenvalue weighted by molar-refractivity contribution is -0.160. The van der Waals surface area contributed by atoms with Crippen LogP contribution in [-0.4, -0.2) is 41.1 Å². The first-order valence-corrected chi connectivity index (χ1v) is 13.6. The predicted octanol–water partition coefficient (Wildman–Crippen LogP) is 5.17. The monoisotopic (exact) mass is 527 g/mol. The summed E-state index contributed by atoms with van der Waals surface area (Å²) in [5.74, 6) is 1.11. The van der Waals surface area contributed by atoms with Crippen LogP contribution in [0.2, 0.25) is 0 Å². The standard InChI is InChI=1S/C32H33NO6/c1-37-28-13-12-22-18-33(27(32(35)36)17-26(22)30(28)38-19-20-8-4-2-5-9-20)31(34)29(21-10-6-3-7-11-21)39-25-15-23-14-24(23)16-25/h2-13,23-25,27,29H,14-19H2,1H3,(H,35,36)/t23?,24?,25?,27-,29+/m1/s1. The second-order valence-electron chi connectivity index (χ2n) is 10.8. The predicted molar refractivity (Wildman–Crippen MR) is 144 cm³/mol. The lowest BCUT2D eigenvalue weighted by Gasteiger charge is -2.38. The molecule has 2 fully saturated rings. The Balaban J connectivity index is 1.30. The van der Waals surface area contributed by atoms with E-state index in [4.69, 9.17) is 14.2 Å². The van der Waals surface area contributed by atoms with Gasteiger partial charge in [-0.3, -0.25) is 4.79 Å². The highest BCUT2D eigenvalue weighted by Gasteiger charge is 2.48. The molecule has 7 nitrogen and oxygen atoms in total. The fourth-order valence-electron chi connectivity index (χ4n) is 6.14. The minimum absolute atomic E-state index is 0.0190. The zero-order valence-corrected chi connectivity index (χ0v) is 22.0. The molecule has 4 atom stereocenters. The fraction of sp³-hybridized carbons (Fsp3) is 0.375. The summed E-state index contributed by atoms with van der Waals surface area (Å²) in [6.07, 6.45) is 2.48. The number of methoxy groups -OCH3 is 1. The molecule has 1 N–H and O–H groups in total. The Kier molecular flexibility index (Phi) is 7.00. The van der Waals surface area contributed by atoms with E-state index in [0.717, 1.165) is 35.1 Å². The van der Waals surface area contributed by atoms with Gasteiger partial charge in [0.2, 0.25) is 0 Å². The third kappa shape index (κ3) is 5.23. The molecule has 7 heteroatoms. The lowest BCUT2D eigenvalue weighted by Crippen LogP contribution is -2.50. The number of carboxylic acid groups (broad SMARTS) is 1. The van der Waals surface area contributed by atoms with Crippen LogP contribution in [0.25, 0.3) is 0 Å². The van der Waals surface area contributed by atoms with E-state index in [0.29, 0.717) is 29.9 Å². The summed E-state index contributed by atoms with van der Waals surface area (Å²) in [4.78, 5) is 28.1. The van der Waals surface area contributed by atoms with Crippen LogP contribution in [0.4, 0.5) is 0 Å². The normalized spacial score (nSPS) is 23.9. The zero-order chi connectivity index (χ0) is 26.9. The molecule has 2 unspecified atom stereocenters. The number of carboxylic acids is 1. The van der Waals surface area contributed by atoms with Gasteiger partial charge in [-0.2, -0.15) is 0 Å².